The zero-order valence-corrected chi connectivity index (χ0v) is 14.5. The van der Waals surface area contributed by atoms with E-state index in [1.165, 1.54) is 19.1 Å². The van der Waals surface area contributed by atoms with Crippen LogP contribution in [0.4, 0.5) is 5.69 Å². The Balaban J connectivity index is 2.32. The molecule has 1 aromatic heterocycles. The molecule has 0 radical (unpaired) electrons. The number of sulfonamides is 1. The number of nitrogens with zero attached hydrogens (tertiary/aromatic N) is 2. The third kappa shape index (κ3) is 3.62. The normalized spacial score (nSPS) is 12.2. The van der Waals surface area contributed by atoms with Crippen LogP contribution in [-0.2, 0) is 10.0 Å². The molecular formula is C15H17N3O5S. The van der Waals surface area contributed by atoms with Crippen molar-refractivity contribution in [3.8, 4) is 0 Å². The molecule has 1 aromatic carbocycles. The largest absolute Gasteiger partial charge is 0.466 e. The highest BCUT2D eigenvalue weighted by Crippen LogP contribution is 2.22. The molecule has 2 aromatic rings. The minimum absolute atomic E-state index is 0.226. The van der Waals surface area contributed by atoms with E-state index in [1.54, 1.807) is 26.8 Å². The van der Waals surface area contributed by atoms with Gasteiger partial charge in [0.2, 0.25) is 0 Å². The lowest BCUT2D eigenvalue weighted by Gasteiger charge is -2.06. The molecule has 0 aliphatic carbocycles. The molecule has 1 N–H and O–H groups in total. The molecule has 0 atom stereocenters. The van der Waals surface area contributed by atoms with Crippen LogP contribution in [0, 0.1) is 30.9 Å². The molecule has 0 saturated heterocycles. The molecule has 128 valence electrons. The summed E-state index contributed by atoms with van der Waals surface area (Å²) in [6.07, 6.45) is 0. The number of rotatable bonds is 5. The molecule has 0 aliphatic rings. The molecule has 0 saturated carbocycles. The van der Waals surface area contributed by atoms with Crippen molar-refractivity contribution >= 4 is 21.4 Å². The van der Waals surface area contributed by atoms with E-state index >= 15 is 0 Å². The minimum atomic E-state index is -4.01. The second-order valence-electron chi connectivity index (χ2n) is 5.32. The average molecular weight is 351 g/mol. The lowest BCUT2D eigenvalue weighted by molar-refractivity contribution is -0.385. The Hall–Kier alpha value is -2.68. The highest BCUT2D eigenvalue weighted by molar-refractivity contribution is 7.89. The fraction of sp³-hybridized carbons (Fsp3) is 0.267. The molecular weight excluding hydrogens is 334 g/mol. The van der Waals surface area contributed by atoms with Gasteiger partial charge in [0.1, 0.15) is 11.5 Å². The molecule has 24 heavy (non-hydrogen) atoms. The third-order valence-electron chi connectivity index (χ3n) is 3.45. The first-order valence-electron chi connectivity index (χ1n) is 7.00. The van der Waals surface area contributed by atoms with Gasteiger partial charge in [-0.1, -0.05) is 6.07 Å². The molecule has 0 amide bonds. The quantitative estimate of drug-likeness (QED) is 0.505. The summed E-state index contributed by atoms with van der Waals surface area (Å²) in [6.45, 7) is 6.70. The standard InChI is InChI=1S/C15H17N3O5S/c1-9-5-6-13(8-15(9)18(19)20)24(21,22)17-16-11(3)14-7-10(2)23-12(14)4/h5-8,17H,1-4H3/b16-11-. The van der Waals surface area contributed by atoms with E-state index in [0.29, 0.717) is 28.4 Å². The average Bonchev–Trinajstić information content (AvgIpc) is 2.83. The molecule has 0 aliphatic heterocycles. The first kappa shape index (κ1) is 17.7. The summed E-state index contributed by atoms with van der Waals surface area (Å²) in [5.41, 5.74) is 1.22. The number of hydrogen-bond acceptors (Lipinski definition) is 6. The molecule has 8 nitrogen and oxygen atoms in total. The number of aryl methyl sites for hydroxylation is 3. The Morgan fingerprint density at radius 3 is 2.46 bits per heavy atom. The van der Waals surface area contributed by atoms with Gasteiger partial charge in [-0.25, -0.2) is 0 Å². The highest BCUT2D eigenvalue weighted by atomic mass is 32.2. The summed E-state index contributed by atoms with van der Waals surface area (Å²) in [5, 5.41) is 14.8. The maximum atomic E-state index is 12.3. The fourth-order valence-electron chi connectivity index (χ4n) is 2.18. The number of hydrazone groups is 1. The van der Waals surface area contributed by atoms with E-state index in [9.17, 15) is 18.5 Å². The van der Waals surface area contributed by atoms with Gasteiger partial charge in [0, 0.05) is 17.2 Å². The molecule has 0 bridgehead atoms. The van der Waals surface area contributed by atoms with Crippen LogP contribution in [0.25, 0.3) is 0 Å². The Morgan fingerprint density at radius 2 is 1.92 bits per heavy atom. The van der Waals surface area contributed by atoms with Crippen LogP contribution < -0.4 is 4.83 Å². The molecule has 0 unspecified atom stereocenters. The Bertz CT molecular complexity index is 929. The van der Waals surface area contributed by atoms with Crippen LogP contribution in [0.5, 0.6) is 0 Å². The summed E-state index contributed by atoms with van der Waals surface area (Å²) in [4.78, 5) is 12.2. The number of furan rings is 1. The third-order valence-corrected chi connectivity index (χ3v) is 4.66. The first-order chi connectivity index (χ1) is 11.1. The number of nitro benzene ring substituents is 1. The second-order valence-corrected chi connectivity index (χ2v) is 6.99. The first-order valence-corrected chi connectivity index (χ1v) is 8.48. The van der Waals surface area contributed by atoms with Crippen molar-refractivity contribution in [3.63, 3.8) is 0 Å². The molecule has 9 heteroatoms. The van der Waals surface area contributed by atoms with Crippen molar-refractivity contribution in [2.24, 2.45) is 5.10 Å². The summed E-state index contributed by atoms with van der Waals surface area (Å²) < 4.78 is 29.9. The molecule has 1 heterocycles. The van der Waals surface area contributed by atoms with Crippen molar-refractivity contribution in [2.45, 2.75) is 32.6 Å². The maximum Gasteiger partial charge on any atom is 0.276 e. The van der Waals surface area contributed by atoms with Crippen molar-refractivity contribution in [3.05, 3.63) is 57.0 Å². The van der Waals surface area contributed by atoms with Gasteiger partial charge in [0.15, 0.2) is 0 Å². The SMILES string of the molecule is C/C(=N/NS(=O)(=O)c1ccc(C)c([N+](=O)[O-])c1)c1cc(C)oc1C. The maximum absolute atomic E-state index is 12.3. The van der Waals surface area contributed by atoms with Crippen LogP contribution in [0.2, 0.25) is 0 Å². The smallest absolute Gasteiger partial charge is 0.276 e. The van der Waals surface area contributed by atoms with Crippen LogP contribution in [0.3, 0.4) is 0 Å². The van der Waals surface area contributed by atoms with Crippen molar-refractivity contribution < 1.29 is 17.8 Å². The highest BCUT2D eigenvalue weighted by Gasteiger charge is 2.19. The van der Waals surface area contributed by atoms with Crippen LogP contribution in [-0.4, -0.2) is 19.1 Å². The van der Waals surface area contributed by atoms with E-state index in [0.717, 1.165) is 6.07 Å². The summed E-state index contributed by atoms with van der Waals surface area (Å²) in [5.74, 6) is 1.31. The van der Waals surface area contributed by atoms with Crippen LogP contribution in [0.15, 0.2) is 38.7 Å². The monoisotopic (exact) mass is 351 g/mol. The Labute approximate surface area is 139 Å². The predicted octanol–water partition coefficient (Wildman–Crippen LogP) is 2.82. The van der Waals surface area contributed by atoms with Crippen molar-refractivity contribution in [1.29, 1.82) is 0 Å². The summed E-state index contributed by atoms with van der Waals surface area (Å²) in [6, 6.07) is 5.44. The zero-order valence-electron chi connectivity index (χ0n) is 13.7. The number of nitrogens with one attached hydrogen (secondary N) is 1. The van der Waals surface area contributed by atoms with Gasteiger partial charge in [-0.05, 0) is 39.8 Å². The van der Waals surface area contributed by atoms with Gasteiger partial charge >= 0.3 is 0 Å². The zero-order chi connectivity index (χ0) is 18.1. The van der Waals surface area contributed by atoms with Crippen molar-refractivity contribution in [2.75, 3.05) is 0 Å². The molecule has 0 spiro atoms. The molecule has 0 fully saturated rings. The van der Waals surface area contributed by atoms with Gasteiger partial charge in [0.05, 0.1) is 15.5 Å². The topological polar surface area (TPSA) is 115 Å². The van der Waals surface area contributed by atoms with Gasteiger partial charge in [-0.15, -0.1) is 0 Å². The van der Waals surface area contributed by atoms with E-state index in [1.807, 2.05) is 0 Å². The number of hydrogen-bond donors (Lipinski definition) is 1. The van der Waals surface area contributed by atoms with E-state index in [2.05, 4.69) is 9.93 Å². The van der Waals surface area contributed by atoms with Gasteiger partial charge in [0.25, 0.3) is 15.7 Å². The number of nitro groups is 1. The summed E-state index contributed by atoms with van der Waals surface area (Å²) >= 11 is 0. The Morgan fingerprint density at radius 1 is 1.25 bits per heavy atom. The van der Waals surface area contributed by atoms with Gasteiger partial charge in [-0.3, -0.25) is 10.1 Å². The fourth-order valence-corrected chi connectivity index (χ4v) is 3.06. The number of benzene rings is 1. The van der Waals surface area contributed by atoms with Crippen molar-refractivity contribution in [1.82, 2.24) is 4.83 Å². The van der Waals surface area contributed by atoms with Crippen LogP contribution in [0.1, 0.15) is 29.6 Å². The molecule has 2 rings (SSSR count). The lowest BCUT2D eigenvalue weighted by atomic mass is 10.2. The van der Waals surface area contributed by atoms with Gasteiger partial charge < -0.3 is 4.42 Å². The van der Waals surface area contributed by atoms with E-state index in [-0.39, 0.29) is 10.6 Å². The lowest BCUT2D eigenvalue weighted by Crippen LogP contribution is -2.20. The predicted molar refractivity (Wildman–Crippen MR) is 88.5 cm³/mol. The van der Waals surface area contributed by atoms with Gasteiger partial charge in [-0.2, -0.15) is 18.4 Å². The summed E-state index contributed by atoms with van der Waals surface area (Å²) in [7, 11) is -4.01. The second kappa shape index (κ2) is 6.44. The Kier molecular flexibility index (Phi) is 4.74. The minimum Gasteiger partial charge on any atom is -0.466 e. The van der Waals surface area contributed by atoms with E-state index in [4.69, 9.17) is 4.42 Å². The van der Waals surface area contributed by atoms with Crippen LogP contribution >= 0.6 is 0 Å². The van der Waals surface area contributed by atoms with E-state index < -0.39 is 14.9 Å².